The van der Waals surface area contributed by atoms with Crippen LogP contribution in [0.1, 0.15) is 57.4 Å². The molecule has 0 unspecified atom stereocenters. The summed E-state index contributed by atoms with van der Waals surface area (Å²) in [5.41, 5.74) is 1.05. The largest absolute Gasteiger partial charge is 0.504 e. The third-order valence-corrected chi connectivity index (χ3v) is 4.13. The average molecular weight is 234 g/mol. The number of rotatable bonds is 3. The van der Waals surface area contributed by atoms with Gasteiger partial charge in [-0.05, 0) is 30.7 Å². The first-order chi connectivity index (χ1) is 8.19. The molecular formula is C15H22O2. The van der Waals surface area contributed by atoms with Gasteiger partial charge < -0.3 is 10.2 Å². The van der Waals surface area contributed by atoms with Gasteiger partial charge in [0.15, 0.2) is 11.5 Å². The van der Waals surface area contributed by atoms with E-state index in [0.717, 1.165) is 31.2 Å². The summed E-state index contributed by atoms with van der Waals surface area (Å²) in [5.74, 6) is 0.117. The third kappa shape index (κ3) is 2.26. The number of benzene rings is 1. The van der Waals surface area contributed by atoms with E-state index in [1.807, 2.05) is 12.1 Å². The van der Waals surface area contributed by atoms with Crippen LogP contribution < -0.4 is 0 Å². The SMILES string of the molecule is CCCC1(c2cccc(O)c2O)CCCCC1. The lowest BCUT2D eigenvalue weighted by atomic mass is 9.66. The van der Waals surface area contributed by atoms with Gasteiger partial charge in [0.05, 0.1) is 0 Å². The lowest BCUT2D eigenvalue weighted by Gasteiger charge is -2.38. The highest BCUT2D eigenvalue weighted by Gasteiger charge is 2.35. The molecule has 0 atom stereocenters. The summed E-state index contributed by atoms with van der Waals surface area (Å²) >= 11 is 0. The fourth-order valence-corrected chi connectivity index (χ4v) is 3.32. The molecule has 1 aromatic carbocycles. The number of phenolic OH excluding ortho intramolecular Hbond substituents is 2. The molecule has 2 N–H and O–H groups in total. The molecule has 1 saturated carbocycles. The van der Waals surface area contributed by atoms with Crippen LogP contribution >= 0.6 is 0 Å². The molecule has 0 saturated heterocycles. The molecule has 0 spiro atoms. The first kappa shape index (κ1) is 12.3. The molecule has 0 aromatic heterocycles. The van der Waals surface area contributed by atoms with Gasteiger partial charge in [0.25, 0.3) is 0 Å². The monoisotopic (exact) mass is 234 g/mol. The Balaban J connectivity index is 2.41. The van der Waals surface area contributed by atoms with Crippen LogP contribution in [0.4, 0.5) is 0 Å². The van der Waals surface area contributed by atoms with Gasteiger partial charge in [0.2, 0.25) is 0 Å². The molecule has 0 radical (unpaired) electrons. The number of phenols is 2. The number of hydrogen-bond acceptors (Lipinski definition) is 2. The molecule has 0 aliphatic heterocycles. The summed E-state index contributed by atoms with van der Waals surface area (Å²) in [6.45, 7) is 2.19. The molecule has 1 aromatic rings. The Labute approximate surface area is 103 Å². The molecule has 0 heterocycles. The Kier molecular flexibility index (Phi) is 3.60. The van der Waals surface area contributed by atoms with Crippen molar-refractivity contribution >= 4 is 0 Å². The fourth-order valence-electron chi connectivity index (χ4n) is 3.32. The van der Waals surface area contributed by atoms with Gasteiger partial charge in [0, 0.05) is 5.56 Å². The Morgan fingerprint density at radius 2 is 1.82 bits per heavy atom. The van der Waals surface area contributed by atoms with Gasteiger partial charge in [0.1, 0.15) is 0 Å². The average Bonchev–Trinajstić information content (AvgIpc) is 2.34. The first-order valence-corrected chi connectivity index (χ1v) is 6.71. The van der Waals surface area contributed by atoms with Crippen molar-refractivity contribution in [2.24, 2.45) is 0 Å². The van der Waals surface area contributed by atoms with E-state index in [0.29, 0.717) is 0 Å². The van der Waals surface area contributed by atoms with Gasteiger partial charge >= 0.3 is 0 Å². The second-order valence-electron chi connectivity index (χ2n) is 5.26. The standard InChI is InChI=1S/C15H22O2/c1-2-9-15(10-4-3-5-11-15)12-7-6-8-13(16)14(12)17/h6-8,16-17H,2-5,9-11H2,1H3. The molecule has 17 heavy (non-hydrogen) atoms. The maximum absolute atomic E-state index is 10.1. The minimum Gasteiger partial charge on any atom is -0.504 e. The zero-order valence-corrected chi connectivity index (χ0v) is 10.6. The third-order valence-electron chi connectivity index (χ3n) is 4.13. The summed E-state index contributed by atoms with van der Waals surface area (Å²) in [5, 5.41) is 19.8. The van der Waals surface area contributed by atoms with Crippen LogP contribution in [0.2, 0.25) is 0 Å². The van der Waals surface area contributed by atoms with Gasteiger partial charge in [-0.2, -0.15) is 0 Å². The van der Waals surface area contributed by atoms with Crippen molar-refractivity contribution in [2.75, 3.05) is 0 Å². The van der Waals surface area contributed by atoms with Crippen molar-refractivity contribution in [3.05, 3.63) is 23.8 Å². The fraction of sp³-hybridized carbons (Fsp3) is 0.600. The van der Waals surface area contributed by atoms with Crippen molar-refractivity contribution < 1.29 is 10.2 Å². The Bertz CT molecular complexity index is 373. The molecule has 2 heteroatoms. The van der Waals surface area contributed by atoms with Gasteiger partial charge in [-0.15, -0.1) is 0 Å². The maximum atomic E-state index is 10.1. The van der Waals surface area contributed by atoms with Crippen LogP contribution in [-0.4, -0.2) is 10.2 Å². The minimum absolute atomic E-state index is 0.0172. The van der Waals surface area contributed by atoms with Gasteiger partial charge in [-0.1, -0.05) is 44.7 Å². The van der Waals surface area contributed by atoms with Crippen LogP contribution in [0, 0.1) is 0 Å². The molecule has 0 amide bonds. The summed E-state index contributed by atoms with van der Waals surface area (Å²) in [4.78, 5) is 0. The van der Waals surface area contributed by atoms with Crippen molar-refractivity contribution in [1.82, 2.24) is 0 Å². The zero-order valence-electron chi connectivity index (χ0n) is 10.6. The van der Waals surface area contributed by atoms with Gasteiger partial charge in [-0.3, -0.25) is 0 Å². The number of para-hydroxylation sites is 1. The topological polar surface area (TPSA) is 40.5 Å². The summed E-state index contributed by atoms with van der Waals surface area (Å²) < 4.78 is 0. The van der Waals surface area contributed by atoms with Crippen LogP contribution in [-0.2, 0) is 5.41 Å². The van der Waals surface area contributed by atoms with Crippen molar-refractivity contribution in [1.29, 1.82) is 0 Å². The van der Waals surface area contributed by atoms with Crippen LogP contribution in [0.25, 0.3) is 0 Å². The van der Waals surface area contributed by atoms with E-state index < -0.39 is 0 Å². The highest BCUT2D eigenvalue weighted by molar-refractivity contribution is 5.48. The van der Waals surface area contributed by atoms with Crippen molar-refractivity contribution in [2.45, 2.75) is 57.3 Å². The normalized spacial score (nSPS) is 19.1. The van der Waals surface area contributed by atoms with Crippen molar-refractivity contribution in [3.63, 3.8) is 0 Å². The molecule has 2 rings (SSSR count). The van der Waals surface area contributed by atoms with E-state index >= 15 is 0 Å². The predicted molar refractivity (Wildman–Crippen MR) is 69.4 cm³/mol. The van der Waals surface area contributed by atoms with Crippen molar-refractivity contribution in [3.8, 4) is 11.5 Å². The van der Waals surface area contributed by atoms with E-state index in [-0.39, 0.29) is 16.9 Å². The lowest BCUT2D eigenvalue weighted by molar-refractivity contribution is 0.260. The van der Waals surface area contributed by atoms with E-state index in [4.69, 9.17) is 0 Å². The zero-order chi connectivity index (χ0) is 12.3. The summed E-state index contributed by atoms with van der Waals surface area (Å²) in [7, 11) is 0. The smallest absolute Gasteiger partial charge is 0.161 e. The summed E-state index contributed by atoms with van der Waals surface area (Å²) in [6, 6.07) is 5.38. The van der Waals surface area contributed by atoms with E-state index in [9.17, 15) is 10.2 Å². The quantitative estimate of drug-likeness (QED) is 0.773. The second kappa shape index (κ2) is 4.99. The Morgan fingerprint density at radius 3 is 2.47 bits per heavy atom. The van der Waals surface area contributed by atoms with Crippen LogP contribution in [0.3, 0.4) is 0 Å². The molecule has 1 fully saturated rings. The van der Waals surface area contributed by atoms with Gasteiger partial charge in [-0.25, -0.2) is 0 Å². The lowest BCUT2D eigenvalue weighted by Crippen LogP contribution is -2.28. The van der Waals surface area contributed by atoms with E-state index in [1.54, 1.807) is 6.07 Å². The number of hydrogen-bond donors (Lipinski definition) is 2. The predicted octanol–water partition coefficient (Wildman–Crippen LogP) is 4.10. The molecule has 1 aliphatic rings. The Morgan fingerprint density at radius 1 is 1.12 bits per heavy atom. The molecule has 0 bridgehead atoms. The molecule has 1 aliphatic carbocycles. The highest BCUT2D eigenvalue weighted by atomic mass is 16.3. The summed E-state index contributed by atoms with van der Waals surface area (Å²) in [6.07, 6.45) is 8.25. The molecule has 94 valence electrons. The maximum Gasteiger partial charge on any atom is 0.161 e. The second-order valence-corrected chi connectivity index (χ2v) is 5.26. The minimum atomic E-state index is 0.0172. The Hall–Kier alpha value is -1.18. The number of aromatic hydroxyl groups is 2. The molecule has 2 nitrogen and oxygen atoms in total. The van der Waals surface area contributed by atoms with E-state index in [1.165, 1.54) is 19.3 Å². The van der Waals surface area contributed by atoms with E-state index in [2.05, 4.69) is 6.92 Å². The van der Waals surface area contributed by atoms with Crippen LogP contribution in [0.5, 0.6) is 11.5 Å². The van der Waals surface area contributed by atoms with Crippen LogP contribution in [0.15, 0.2) is 18.2 Å². The highest BCUT2D eigenvalue weighted by Crippen LogP contribution is 2.48. The molecular weight excluding hydrogens is 212 g/mol. The first-order valence-electron chi connectivity index (χ1n) is 6.71.